The van der Waals surface area contributed by atoms with Crippen molar-refractivity contribution in [3.05, 3.63) is 34.9 Å². The lowest BCUT2D eigenvalue weighted by atomic mass is 10.00. The van der Waals surface area contributed by atoms with Gasteiger partial charge in [-0.25, -0.2) is 0 Å². The fraction of sp³-hybridized carbons (Fsp3) is 0.474. The summed E-state index contributed by atoms with van der Waals surface area (Å²) < 4.78 is 0. The van der Waals surface area contributed by atoms with E-state index in [0.29, 0.717) is 0 Å². The number of hydrogen-bond donors (Lipinski definition) is 0. The molecular weight excluding hydrogens is 228 g/mol. The van der Waals surface area contributed by atoms with Crippen molar-refractivity contribution in [1.82, 2.24) is 0 Å². The molecule has 0 nitrogen and oxygen atoms in total. The number of aryl methyl sites for hydroxylation is 2. The Morgan fingerprint density at radius 1 is 1.00 bits per heavy atom. The van der Waals surface area contributed by atoms with Crippen molar-refractivity contribution >= 4 is 0 Å². The Bertz CT molecular complexity index is 500. The molecule has 0 spiro atoms. The molecule has 0 bridgehead atoms. The molecule has 0 unspecified atom stereocenters. The molecule has 19 heavy (non-hydrogen) atoms. The van der Waals surface area contributed by atoms with Gasteiger partial charge in [-0.3, -0.25) is 0 Å². The number of unbranched alkanes of at least 4 members (excludes halogenated alkanes) is 3. The first-order valence-corrected chi connectivity index (χ1v) is 7.36. The number of rotatable bonds is 5. The molecule has 0 radical (unpaired) electrons. The second-order valence-corrected chi connectivity index (χ2v) is 4.92. The van der Waals surface area contributed by atoms with Crippen LogP contribution in [0.4, 0.5) is 0 Å². The van der Waals surface area contributed by atoms with Crippen molar-refractivity contribution in [1.29, 1.82) is 0 Å². The lowest BCUT2D eigenvalue weighted by Crippen LogP contribution is -1.91. The second-order valence-electron chi connectivity index (χ2n) is 4.92. The largest absolute Gasteiger partial charge is 0.0891 e. The van der Waals surface area contributed by atoms with Crippen LogP contribution in [0.25, 0.3) is 0 Å². The van der Waals surface area contributed by atoms with Gasteiger partial charge in [0.1, 0.15) is 0 Å². The van der Waals surface area contributed by atoms with Gasteiger partial charge in [0.2, 0.25) is 0 Å². The zero-order valence-corrected chi connectivity index (χ0v) is 12.5. The fourth-order valence-electron chi connectivity index (χ4n) is 1.89. The minimum absolute atomic E-state index is 0.960. The van der Waals surface area contributed by atoms with Crippen LogP contribution < -0.4 is 0 Å². The third-order valence-electron chi connectivity index (χ3n) is 3.06. The van der Waals surface area contributed by atoms with Crippen LogP contribution in [0.5, 0.6) is 0 Å². The molecule has 0 fully saturated rings. The van der Waals surface area contributed by atoms with Crippen LogP contribution in [-0.2, 0) is 6.42 Å². The Balaban J connectivity index is 2.75. The molecule has 1 rings (SSSR count). The molecule has 0 N–H and O–H groups in total. The van der Waals surface area contributed by atoms with Gasteiger partial charge in [-0.1, -0.05) is 56.2 Å². The van der Waals surface area contributed by atoms with Crippen LogP contribution in [0.15, 0.2) is 18.2 Å². The molecule has 0 amide bonds. The average Bonchev–Trinajstić information content (AvgIpc) is 2.42. The highest BCUT2D eigenvalue weighted by molar-refractivity contribution is 5.46. The van der Waals surface area contributed by atoms with E-state index in [1.54, 1.807) is 0 Å². The SMILES string of the molecule is CCCCC#CC#Cc1ccc(C)cc1CCCC. The Labute approximate surface area is 118 Å². The number of benzene rings is 1. The molecule has 0 saturated carbocycles. The first-order chi connectivity index (χ1) is 9.27. The topological polar surface area (TPSA) is 0 Å². The highest BCUT2D eigenvalue weighted by atomic mass is 14.0. The van der Waals surface area contributed by atoms with Gasteiger partial charge >= 0.3 is 0 Å². The minimum atomic E-state index is 0.960. The Morgan fingerprint density at radius 3 is 2.53 bits per heavy atom. The zero-order chi connectivity index (χ0) is 13.9. The van der Waals surface area contributed by atoms with Crippen LogP contribution >= 0.6 is 0 Å². The van der Waals surface area contributed by atoms with Gasteiger partial charge in [0, 0.05) is 12.0 Å². The molecule has 0 saturated heterocycles. The van der Waals surface area contributed by atoms with E-state index in [9.17, 15) is 0 Å². The van der Waals surface area contributed by atoms with E-state index in [-0.39, 0.29) is 0 Å². The summed E-state index contributed by atoms with van der Waals surface area (Å²) >= 11 is 0. The molecule has 0 aliphatic heterocycles. The molecule has 0 atom stereocenters. The monoisotopic (exact) mass is 252 g/mol. The summed E-state index contributed by atoms with van der Waals surface area (Å²) in [6.45, 7) is 6.54. The minimum Gasteiger partial charge on any atom is -0.0891 e. The van der Waals surface area contributed by atoms with Gasteiger partial charge in [-0.15, -0.1) is 0 Å². The van der Waals surface area contributed by atoms with Gasteiger partial charge in [0.05, 0.1) is 0 Å². The summed E-state index contributed by atoms with van der Waals surface area (Å²) in [5.74, 6) is 12.3. The van der Waals surface area contributed by atoms with Crippen molar-refractivity contribution in [2.24, 2.45) is 0 Å². The average molecular weight is 252 g/mol. The van der Waals surface area contributed by atoms with Gasteiger partial charge in [-0.05, 0) is 49.7 Å². The quantitative estimate of drug-likeness (QED) is 0.517. The van der Waals surface area contributed by atoms with Crippen LogP contribution in [0.2, 0.25) is 0 Å². The second kappa shape index (κ2) is 9.29. The molecule has 0 aliphatic rings. The van der Waals surface area contributed by atoms with Crippen molar-refractivity contribution < 1.29 is 0 Å². The molecule has 0 aliphatic carbocycles. The van der Waals surface area contributed by atoms with Gasteiger partial charge in [0.15, 0.2) is 0 Å². The van der Waals surface area contributed by atoms with Gasteiger partial charge in [-0.2, -0.15) is 0 Å². The molecule has 1 aromatic carbocycles. The molecule has 0 aromatic heterocycles. The van der Waals surface area contributed by atoms with Gasteiger partial charge in [0.25, 0.3) is 0 Å². The molecule has 100 valence electrons. The highest BCUT2D eigenvalue weighted by Gasteiger charge is 1.99. The smallest absolute Gasteiger partial charge is 0.0287 e. The first kappa shape index (κ1) is 15.4. The fourth-order valence-corrected chi connectivity index (χ4v) is 1.89. The van der Waals surface area contributed by atoms with Crippen molar-refractivity contribution in [3.63, 3.8) is 0 Å². The lowest BCUT2D eigenvalue weighted by molar-refractivity contribution is 0.793. The Kier molecular flexibility index (Phi) is 7.53. The van der Waals surface area contributed by atoms with Crippen LogP contribution in [0.3, 0.4) is 0 Å². The first-order valence-electron chi connectivity index (χ1n) is 7.36. The third-order valence-corrected chi connectivity index (χ3v) is 3.06. The third kappa shape index (κ3) is 6.17. The van der Waals surface area contributed by atoms with Gasteiger partial charge < -0.3 is 0 Å². The summed E-state index contributed by atoms with van der Waals surface area (Å²) in [5.41, 5.74) is 3.82. The summed E-state index contributed by atoms with van der Waals surface area (Å²) in [5, 5.41) is 0. The highest BCUT2D eigenvalue weighted by Crippen LogP contribution is 2.13. The maximum atomic E-state index is 3.20. The standard InChI is InChI=1S/C19H24/c1-4-6-8-9-10-11-13-18-15-14-17(3)16-19(18)12-7-5-2/h14-16H,4-8,12H2,1-3H3. The van der Waals surface area contributed by atoms with E-state index in [1.165, 1.54) is 36.8 Å². The normalized spacial score (nSPS) is 9.21. The van der Waals surface area contributed by atoms with Crippen LogP contribution in [0.1, 0.15) is 62.6 Å². The van der Waals surface area contributed by atoms with E-state index < -0.39 is 0 Å². The Hall–Kier alpha value is -1.66. The molecule has 0 heteroatoms. The zero-order valence-electron chi connectivity index (χ0n) is 12.5. The van der Waals surface area contributed by atoms with E-state index in [2.05, 4.69) is 62.7 Å². The van der Waals surface area contributed by atoms with Crippen LogP contribution in [0, 0.1) is 30.6 Å². The van der Waals surface area contributed by atoms with E-state index in [0.717, 1.165) is 18.4 Å². The predicted molar refractivity (Wildman–Crippen MR) is 84.0 cm³/mol. The lowest BCUT2D eigenvalue weighted by Gasteiger charge is -2.04. The summed E-state index contributed by atoms with van der Waals surface area (Å²) in [7, 11) is 0. The van der Waals surface area contributed by atoms with Crippen molar-refractivity contribution in [2.75, 3.05) is 0 Å². The maximum Gasteiger partial charge on any atom is 0.0287 e. The summed E-state index contributed by atoms with van der Waals surface area (Å²) in [6, 6.07) is 6.51. The van der Waals surface area contributed by atoms with E-state index >= 15 is 0 Å². The summed E-state index contributed by atoms with van der Waals surface area (Å²) in [4.78, 5) is 0. The van der Waals surface area contributed by atoms with Crippen molar-refractivity contribution in [3.8, 4) is 23.7 Å². The number of hydrogen-bond acceptors (Lipinski definition) is 0. The maximum absolute atomic E-state index is 3.20. The van der Waals surface area contributed by atoms with Crippen LogP contribution in [-0.4, -0.2) is 0 Å². The Morgan fingerprint density at radius 2 is 1.79 bits per heavy atom. The molecular formula is C19H24. The van der Waals surface area contributed by atoms with E-state index in [1.807, 2.05) is 0 Å². The molecule has 0 heterocycles. The molecule has 1 aromatic rings. The predicted octanol–water partition coefficient (Wildman–Crippen LogP) is 4.88. The summed E-state index contributed by atoms with van der Waals surface area (Å²) in [6.07, 6.45) is 6.88. The van der Waals surface area contributed by atoms with Crippen molar-refractivity contribution in [2.45, 2.75) is 59.3 Å². The van der Waals surface area contributed by atoms with E-state index in [4.69, 9.17) is 0 Å².